The molecule has 5 nitrogen and oxygen atoms in total. The Morgan fingerprint density at radius 1 is 1.35 bits per heavy atom. The smallest absolute Gasteiger partial charge is 0.417 e. The molecule has 96 valence electrons. The highest BCUT2D eigenvalue weighted by Crippen LogP contribution is 2.26. The molecule has 1 aliphatic heterocycles. The molecule has 5 heteroatoms. The minimum atomic E-state index is -0.730. The van der Waals surface area contributed by atoms with Gasteiger partial charge in [0.1, 0.15) is 11.6 Å². The first kappa shape index (κ1) is 13.7. The molecule has 1 heterocycles. The summed E-state index contributed by atoms with van der Waals surface area (Å²) < 4.78 is 5.13. The maximum atomic E-state index is 11.9. The summed E-state index contributed by atoms with van der Waals surface area (Å²) in [7, 11) is 0. The van der Waals surface area contributed by atoms with Crippen LogP contribution in [0.5, 0.6) is 0 Å². The van der Waals surface area contributed by atoms with Gasteiger partial charge in [-0.1, -0.05) is 6.92 Å². The van der Waals surface area contributed by atoms with Gasteiger partial charge < -0.3 is 4.74 Å². The molecule has 0 N–H and O–H groups in total. The number of hydrogen-bond acceptors (Lipinski definition) is 4. The number of carbonyl (C=O) groups is 3. The van der Waals surface area contributed by atoms with Crippen molar-refractivity contribution in [3.05, 3.63) is 0 Å². The van der Waals surface area contributed by atoms with Crippen LogP contribution < -0.4 is 0 Å². The summed E-state index contributed by atoms with van der Waals surface area (Å²) in [5.74, 6) is -0.829. The zero-order valence-electron chi connectivity index (χ0n) is 10.9. The molecule has 0 spiro atoms. The lowest BCUT2D eigenvalue weighted by atomic mass is 10.1. The summed E-state index contributed by atoms with van der Waals surface area (Å²) >= 11 is 0. The second-order valence-electron chi connectivity index (χ2n) is 5.45. The number of hydrogen-bond donors (Lipinski definition) is 0. The number of amides is 2. The molecule has 0 aromatic rings. The van der Waals surface area contributed by atoms with Crippen LogP contribution >= 0.6 is 0 Å². The SMILES string of the molecule is CC(=O)[C@@H]1C[C@@H](C)C(=O)N1C(=O)OC(C)(C)C. The topological polar surface area (TPSA) is 63.7 Å². The van der Waals surface area contributed by atoms with Crippen LogP contribution in [0.15, 0.2) is 0 Å². The third-order valence-electron chi connectivity index (χ3n) is 2.61. The average Bonchev–Trinajstić information content (AvgIpc) is 2.40. The summed E-state index contributed by atoms with van der Waals surface area (Å²) in [6.07, 6.45) is -0.347. The molecule has 0 saturated carbocycles. The molecule has 0 aromatic heterocycles. The van der Waals surface area contributed by atoms with E-state index in [2.05, 4.69) is 0 Å². The lowest BCUT2D eigenvalue weighted by molar-refractivity contribution is -0.134. The second kappa shape index (κ2) is 4.47. The monoisotopic (exact) mass is 241 g/mol. The van der Waals surface area contributed by atoms with Gasteiger partial charge in [-0.05, 0) is 34.1 Å². The summed E-state index contributed by atoms with van der Waals surface area (Å²) in [4.78, 5) is 36.1. The predicted octanol–water partition coefficient (Wildman–Crippen LogP) is 1.75. The zero-order valence-corrected chi connectivity index (χ0v) is 10.9. The second-order valence-corrected chi connectivity index (χ2v) is 5.45. The number of ether oxygens (including phenoxy) is 1. The van der Waals surface area contributed by atoms with E-state index in [1.54, 1.807) is 27.7 Å². The highest BCUT2D eigenvalue weighted by molar-refractivity contribution is 6.01. The van der Waals surface area contributed by atoms with Gasteiger partial charge in [0, 0.05) is 5.92 Å². The van der Waals surface area contributed by atoms with Gasteiger partial charge in [-0.2, -0.15) is 0 Å². The predicted molar refractivity (Wildman–Crippen MR) is 61.3 cm³/mol. The van der Waals surface area contributed by atoms with Crippen LogP contribution in [0.4, 0.5) is 4.79 Å². The summed E-state index contributed by atoms with van der Waals surface area (Å²) in [6.45, 7) is 8.25. The molecular formula is C12H19NO4. The lowest BCUT2D eigenvalue weighted by Gasteiger charge is -2.26. The minimum absolute atomic E-state index is 0.187. The first-order valence-electron chi connectivity index (χ1n) is 5.70. The Labute approximate surface area is 101 Å². The Morgan fingerprint density at radius 2 is 1.88 bits per heavy atom. The zero-order chi connectivity index (χ0) is 13.4. The molecule has 1 aliphatic rings. The average molecular weight is 241 g/mol. The van der Waals surface area contributed by atoms with Gasteiger partial charge in [0.2, 0.25) is 5.91 Å². The Bertz CT molecular complexity index is 356. The fourth-order valence-electron chi connectivity index (χ4n) is 1.81. The van der Waals surface area contributed by atoms with Crippen LogP contribution in [0.25, 0.3) is 0 Å². The third-order valence-corrected chi connectivity index (χ3v) is 2.61. The van der Waals surface area contributed by atoms with Crippen molar-refractivity contribution in [2.24, 2.45) is 5.92 Å². The molecule has 2 atom stereocenters. The Morgan fingerprint density at radius 3 is 2.29 bits per heavy atom. The van der Waals surface area contributed by atoms with Crippen molar-refractivity contribution in [3.8, 4) is 0 Å². The van der Waals surface area contributed by atoms with E-state index in [4.69, 9.17) is 4.74 Å². The molecule has 0 aromatic carbocycles. The van der Waals surface area contributed by atoms with Crippen LogP contribution in [-0.4, -0.2) is 34.3 Å². The number of carbonyl (C=O) groups excluding carboxylic acids is 3. The van der Waals surface area contributed by atoms with Gasteiger partial charge in [-0.15, -0.1) is 0 Å². The van der Waals surface area contributed by atoms with Crippen LogP contribution in [0, 0.1) is 5.92 Å². The highest BCUT2D eigenvalue weighted by Gasteiger charge is 2.44. The van der Waals surface area contributed by atoms with Crippen molar-refractivity contribution < 1.29 is 19.1 Å². The Kier molecular flexibility index (Phi) is 3.59. The minimum Gasteiger partial charge on any atom is -0.443 e. The first-order valence-corrected chi connectivity index (χ1v) is 5.70. The largest absolute Gasteiger partial charge is 0.443 e. The van der Waals surface area contributed by atoms with Gasteiger partial charge in [-0.25, -0.2) is 9.69 Å². The van der Waals surface area contributed by atoms with Crippen LogP contribution in [0.1, 0.15) is 41.0 Å². The maximum Gasteiger partial charge on any atom is 0.417 e. The Balaban J connectivity index is 2.89. The van der Waals surface area contributed by atoms with Crippen LogP contribution in [0.2, 0.25) is 0 Å². The van der Waals surface area contributed by atoms with E-state index in [0.717, 1.165) is 4.90 Å². The highest BCUT2D eigenvalue weighted by atomic mass is 16.6. The van der Waals surface area contributed by atoms with E-state index in [1.807, 2.05) is 0 Å². The molecule has 2 amide bonds. The van der Waals surface area contributed by atoms with Crippen molar-refractivity contribution >= 4 is 17.8 Å². The first-order chi connectivity index (χ1) is 7.63. The van der Waals surface area contributed by atoms with E-state index >= 15 is 0 Å². The molecule has 1 saturated heterocycles. The number of imide groups is 1. The molecule has 1 fully saturated rings. The fraction of sp³-hybridized carbons (Fsp3) is 0.750. The van der Waals surface area contributed by atoms with Crippen LogP contribution in [0.3, 0.4) is 0 Å². The number of likely N-dealkylation sites (tertiary alicyclic amines) is 1. The number of rotatable bonds is 1. The van der Waals surface area contributed by atoms with E-state index in [9.17, 15) is 14.4 Å². The number of ketones is 1. The van der Waals surface area contributed by atoms with Gasteiger partial charge in [-0.3, -0.25) is 9.59 Å². The summed E-state index contributed by atoms with van der Waals surface area (Å²) in [5.41, 5.74) is -0.676. The van der Waals surface area contributed by atoms with Crippen molar-refractivity contribution in [2.45, 2.75) is 52.7 Å². The van der Waals surface area contributed by atoms with Crippen molar-refractivity contribution in [2.75, 3.05) is 0 Å². The lowest BCUT2D eigenvalue weighted by Crippen LogP contribution is -2.45. The normalized spacial score (nSPS) is 25.0. The molecule has 0 unspecified atom stereocenters. The maximum absolute atomic E-state index is 11.9. The standard InChI is InChI=1S/C12H19NO4/c1-7-6-9(8(2)14)13(10(7)15)11(16)17-12(3,4)5/h7,9H,6H2,1-5H3/t7-,9+/m1/s1. The molecule has 0 radical (unpaired) electrons. The van der Waals surface area contributed by atoms with E-state index in [1.165, 1.54) is 6.92 Å². The van der Waals surface area contributed by atoms with Crippen LogP contribution in [-0.2, 0) is 14.3 Å². The van der Waals surface area contributed by atoms with Gasteiger partial charge in [0.05, 0.1) is 0 Å². The van der Waals surface area contributed by atoms with Crippen molar-refractivity contribution in [1.29, 1.82) is 0 Å². The van der Waals surface area contributed by atoms with Gasteiger partial charge >= 0.3 is 6.09 Å². The Hall–Kier alpha value is -1.39. The quantitative estimate of drug-likeness (QED) is 0.701. The molecular weight excluding hydrogens is 222 g/mol. The number of nitrogens with zero attached hydrogens (tertiary/aromatic N) is 1. The van der Waals surface area contributed by atoms with Gasteiger partial charge in [0.15, 0.2) is 5.78 Å². The van der Waals surface area contributed by atoms with Gasteiger partial charge in [0.25, 0.3) is 0 Å². The number of Topliss-reactive ketones (excluding diaryl/α,β-unsaturated/α-hetero) is 1. The van der Waals surface area contributed by atoms with E-state index in [0.29, 0.717) is 6.42 Å². The van der Waals surface area contributed by atoms with E-state index < -0.39 is 17.7 Å². The van der Waals surface area contributed by atoms with Crippen molar-refractivity contribution in [3.63, 3.8) is 0 Å². The summed E-state index contributed by atoms with van der Waals surface area (Å²) in [5, 5.41) is 0. The van der Waals surface area contributed by atoms with E-state index in [-0.39, 0.29) is 17.6 Å². The van der Waals surface area contributed by atoms with Crippen molar-refractivity contribution in [1.82, 2.24) is 4.90 Å². The molecule has 17 heavy (non-hydrogen) atoms. The third kappa shape index (κ3) is 3.05. The molecule has 0 aliphatic carbocycles. The molecule has 0 bridgehead atoms. The molecule has 1 rings (SSSR count). The fourth-order valence-corrected chi connectivity index (χ4v) is 1.81. The summed E-state index contributed by atoms with van der Waals surface area (Å²) in [6, 6.07) is -0.674.